The van der Waals surface area contributed by atoms with E-state index in [1.165, 1.54) is 12.8 Å². The van der Waals surface area contributed by atoms with Crippen LogP contribution in [0, 0.1) is 5.41 Å². The molecular formula is C20H37N3O3. The minimum atomic E-state index is -0.379. The van der Waals surface area contributed by atoms with Crippen LogP contribution in [0.25, 0.3) is 0 Å². The van der Waals surface area contributed by atoms with Crippen LogP contribution in [0.15, 0.2) is 4.99 Å². The van der Waals surface area contributed by atoms with Crippen molar-refractivity contribution in [1.82, 2.24) is 10.2 Å². The van der Waals surface area contributed by atoms with Crippen LogP contribution in [-0.2, 0) is 14.3 Å². The van der Waals surface area contributed by atoms with E-state index in [-0.39, 0.29) is 11.6 Å². The Hall–Kier alpha value is -1.30. The molecular weight excluding hydrogens is 330 g/mol. The first-order valence-electron chi connectivity index (χ1n) is 10.1. The highest BCUT2D eigenvalue weighted by Crippen LogP contribution is 2.38. The Morgan fingerprint density at radius 1 is 1.23 bits per heavy atom. The van der Waals surface area contributed by atoms with Gasteiger partial charge in [-0.3, -0.25) is 9.79 Å². The normalized spacial score (nSPS) is 23.7. The van der Waals surface area contributed by atoms with Crippen LogP contribution in [0.3, 0.4) is 0 Å². The van der Waals surface area contributed by atoms with Crippen LogP contribution >= 0.6 is 0 Å². The van der Waals surface area contributed by atoms with Crippen molar-refractivity contribution in [1.29, 1.82) is 0 Å². The lowest BCUT2D eigenvalue weighted by Gasteiger charge is -2.25. The predicted octanol–water partition coefficient (Wildman–Crippen LogP) is 2.97. The summed E-state index contributed by atoms with van der Waals surface area (Å²) in [6.45, 7) is 10.6. The Morgan fingerprint density at radius 2 is 2.00 bits per heavy atom. The maximum Gasteiger partial charge on any atom is 0.306 e. The minimum absolute atomic E-state index is 0.0881. The number of hydrogen-bond donors (Lipinski definition) is 1. The molecule has 0 aromatic heterocycles. The van der Waals surface area contributed by atoms with Crippen molar-refractivity contribution in [3.8, 4) is 0 Å². The Kier molecular flexibility index (Phi) is 7.74. The zero-order valence-corrected chi connectivity index (χ0v) is 17.1. The highest BCUT2D eigenvalue weighted by Gasteiger charge is 2.42. The van der Waals surface area contributed by atoms with Crippen LogP contribution in [0.5, 0.6) is 0 Å². The van der Waals surface area contributed by atoms with E-state index < -0.39 is 0 Å². The van der Waals surface area contributed by atoms with Crippen LogP contribution in [0.2, 0.25) is 0 Å². The van der Waals surface area contributed by atoms with Crippen molar-refractivity contribution < 1.29 is 14.3 Å². The second kappa shape index (κ2) is 9.58. The molecule has 6 nitrogen and oxygen atoms in total. The van der Waals surface area contributed by atoms with Gasteiger partial charge < -0.3 is 19.7 Å². The monoisotopic (exact) mass is 367 g/mol. The van der Waals surface area contributed by atoms with Crippen LogP contribution < -0.4 is 5.32 Å². The van der Waals surface area contributed by atoms with Crippen molar-refractivity contribution in [2.45, 2.75) is 71.3 Å². The van der Waals surface area contributed by atoms with Gasteiger partial charge in [-0.15, -0.1) is 0 Å². The van der Waals surface area contributed by atoms with Gasteiger partial charge in [0.1, 0.15) is 5.60 Å². The van der Waals surface area contributed by atoms with Crippen molar-refractivity contribution in [3.63, 3.8) is 0 Å². The number of likely N-dealkylation sites (tertiary alicyclic amines) is 1. The number of aliphatic imine (C=N–C) groups is 1. The van der Waals surface area contributed by atoms with Crippen LogP contribution in [0.4, 0.5) is 0 Å². The summed E-state index contributed by atoms with van der Waals surface area (Å²) in [5.74, 6) is 0.928. The lowest BCUT2D eigenvalue weighted by atomic mass is 9.87. The summed E-state index contributed by atoms with van der Waals surface area (Å²) in [5.41, 5.74) is -0.0189. The van der Waals surface area contributed by atoms with Crippen molar-refractivity contribution in [2.75, 3.05) is 39.9 Å². The molecule has 0 bridgehead atoms. The number of guanidine groups is 1. The van der Waals surface area contributed by atoms with E-state index >= 15 is 0 Å². The second-order valence-electron chi connectivity index (χ2n) is 8.70. The molecule has 0 amide bonds. The van der Waals surface area contributed by atoms with Gasteiger partial charge in [0.25, 0.3) is 0 Å². The van der Waals surface area contributed by atoms with Gasteiger partial charge in [0.05, 0.1) is 6.61 Å². The van der Waals surface area contributed by atoms with E-state index in [1.54, 1.807) is 0 Å². The molecule has 1 unspecified atom stereocenters. The van der Waals surface area contributed by atoms with Gasteiger partial charge in [-0.1, -0.05) is 12.8 Å². The molecule has 2 aliphatic heterocycles. The third-order valence-corrected chi connectivity index (χ3v) is 5.15. The van der Waals surface area contributed by atoms with Gasteiger partial charge in [-0.25, -0.2) is 0 Å². The molecule has 1 N–H and O–H groups in total. The molecule has 2 heterocycles. The first-order valence-corrected chi connectivity index (χ1v) is 10.1. The molecule has 26 heavy (non-hydrogen) atoms. The largest absolute Gasteiger partial charge is 0.460 e. The number of carbonyl (C=O) groups excluding carboxylic acids is 1. The summed E-state index contributed by atoms with van der Waals surface area (Å²) in [5, 5.41) is 3.49. The topological polar surface area (TPSA) is 63.2 Å². The number of nitrogens with one attached hydrogen (secondary N) is 1. The zero-order chi connectivity index (χ0) is 19.0. The molecule has 0 saturated carbocycles. The second-order valence-corrected chi connectivity index (χ2v) is 8.70. The molecule has 2 fully saturated rings. The first kappa shape index (κ1) is 21.0. The zero-order valence-electron chi connectivity index (χ0n) is 17.1. The third kappa shape index (κ3) is 6.78. The number of esters is 1. The molecule has 0 aliphatic carbocycles. The van der Waals surface area contributed by atoms with E-state index in [9.17, 15) is 4.79 Å². The fourth-order valence-electron chi connectivity index (χ4n) is 3.76. The Morgan fingerprint density at radius 3 is 2.65 bits per heavy atom. The SMILES string of the molecule is CN=C(NCCCCCCC(=O)OC(C)(C)C)N1CCC2(CCOC2)C1. The number of ether oxygens (including phenoxy) is 2. The molecule has 6 heteroatoms. The van der Waals surface area contributed by atoms with Crippen molar-refractivity contribution in [3.05, 3.63) is 0 Å². The Bertz CT molecular complexity index is 479. The summed E-state index contributed by atoms with van der Waals surface area (Å²) < 4.78 is 10.9. The van der Waals surface area contributed by atoms with E-state index in [1.807, 2.05) is 27.8 Å². The third-order valence-electron chi connectivity index (χ3n) is 5.15. The van der Waals surface area contributed by atoms with Gasteiger partial charge in [-0.05, 0) is 46.5 Å². The average Bonchev–Trinajstić information content (AvgIpc) is 3.19. The van der Waals surface area contributed by atoms with E-state index in [0.717, 1.165) is 64.5 Å². The maximum atomic E-state index is 11.7. The number of hydrogen-bond acceptors (Lipinski definition) is 4. The highest BCUT2D eigenvalue weighted by atomic mass is 16.6. The summed E-state index contributed by atoms with van der Waals surface area (Å²) >= 11 is 0. The van der Waals surface area contributed by atoms with Gasteiger partial charge in [0, 0.05) is 45.1 Å². The van der Waals surface area contributed by atoms with Gasteiger partial charge in [-0.2, -0.15) is 0 Å². The van der Waals surface area contributed by atoms with Gasteiger partial charge in [0.2, 0.25) is 0 Å². The molecule has 1 atom stereocenters. The molecule has 150 valence electrons. The van der Waals surface area contributed by atoms with E-state index in [2.05, 4.69) is 15.2 Å². The molecule has 0 radical (unpaired) electrons. The molecule has 2 rings (SSSR count). The van der Waals surface area contributed by atoms with Gasteiger partial charge >= 0.3 is 5.97 Å². The molecule has 0 aromatic carbocycles. The first-order chi connectivity index (χ1) is 12.3. The van der Waals surface area contributed by atoms with E-state index in [0.29, 0.717) is 11.8 Å². The fraction of sp³-hybridized carbons (Fsp3) is 0.900. The average molecular weight is 368 g/mol. The Labute approximate surface area is 158 Å². The van der Waals surface area contributed by atoms with Gasteiger partial charge in [0.15, 0.2) is 5.96 Å². The van der Waals surface area contributed by atoms with Crippen LogP contribution in [0.1, 0.15) is 65.7 Å². The number of carbonyl (C=O) groups is 1. The summed E-state index contributed by atoms with van der Waals surface area (Å²) in [4.78, 5) is 18.5. The number of unbranched alkanes of at least 4 members (excludes halogenated alkanes) is 3. The molecule has 2 aliphatic rings. The van der Waals surface area contributed by atoms with Crippen molar-refractivity contribution in [2.24, 2.45) is 10.4 Å². The smallest absolute Gasteiger partial charge is 0.306 e. The maximum absolute atomic E-state index is 11.7. The molecule has 0 aromatic rings. The standard InChI is InChI=1S/C20H37N3O3/c1-19(2,3)26-17(24)9-7-5-6-8-12-22-18(21-4)23-13-10-20(15-23)11-14-25-16-20/h5-16H2,1-4H3,(H,21,22). The predicted molar refractivity (Wildman–Crippen MR) is 104 cm³/mol. The Balaban J connectivity index is 1.54. The number of nitrogens with zero attached hydrogens (tertiary/aromatic N) is 2. The van der Waals surface area contributed by atoms with Crippen molar-refractivity contribution >= 4 is 11.9 Å². The summed E-state index contributed by atoms with van der Waals surface area (Å²) in [6.07, 6.45) is 7.07. The summed E-state index contributed by atoms with van der Waals surface area (Å²) in [7, 11) is 1.86. The van der Waals surface area contributed by atoms with E-state index in [4.69, 9.17) is 9.47 Å². The number of rotatable bonds is 7. The highest BCUT2D eigenvalue weighted by molar-refractivity contribution is 5.80. The fourth-order valence-corrected chi connectivity index (χ4v) is 3.76. The molecule has 2 saturated heterocycles. The lowest BCUT2D eigenvalue weighted by Crippen LogP contribution is -2.41. The quantitative estimate of drug-likeness (QED) is 0.324. The lowest BCUT2D eigenvalue weighted by molar-refractivity contribution is -0.154. The summed E-state index contributed by atoms with van der Waals surface area (Å²) in [6, 6.07) is 0. The molecule has 1 spiro atoms. The minimum Gasteiger partial charge on any atom is -0.460 e. The van der Waals surface area contributed by atoms with Crippen LogP contribution in [-0.4, -0.2) is 62.3 Å².